The quantitative estimate of drug-likeness (QED) is 0.868. The number of anilines is 1. The second-order valence-corrected chi connectivity index (χ2v) is 5.31. The normalized spacial score (nSPS) is 11.8. The predicted octanol–water partition coefficient (Wildman–Crippen LogP) is 4.84. The Kier molecular flexibility index (Phi) is 4.24. The average molecular weight is 277 g/mol. The van der Waals surface area contributed by atoms with Gasteiger partial charge in [0.2, 0.25) is 0 Å². The summed E-state index contributed by atoms with van der Waals surface area (Å²) >= 11 is 7.87. The van der Waals surface area contributed by atoms with Gasteiger partial charge in [-0.2, -0.15) is 5.26 Å². The lowest BCUT2D eigenvalue weighted by Crippen LogP contribution is -2.08. The summed E-state index contributed by atoms with van der Waals surface area (Å²) in [6.07, 6.45) is 0.966. The lowest BCUT2D eigenvalue weighted by molar-refractivity contribution is 0.764. The van der Waals surface area contributed by atoms with Crippen molar-refractivity contribution in [3.63, 3.8) is 0 Å². The summed E-state index contributed by atoms with van der Waals surface area (Å²) in [6.45, 7) is 2.12. The molecule has 1 N–H and O–H groups in total. The van der Waals surface area contributed by atoms with Gasteiger partial charge in [-0.15, -0.1) is 11.3 Å². The van der Waals surface area contributed by atoms with Crippen LogP contribution in [0.3, 0.4) is 0 Å². The number of hydrogen-bond donors (Lipinski definition) is 1. The van der Waals surface area contributed by atoms with Crippen LogP contribution in [0.4, 0.5) is 5.69 Å². The van der Waals surface area contributed by atoms with Crippen molar-refractivity contribution in [2.75, 3.05) is 5.32 Å². The summed E-state index contributed by atoms with van der Waals surface area (Å²) in [5.74, 6) is 0. The monoisotopic (exact) mass is 276 g/mol. The maximum absolute atomic E-state index is 8.91. The van der Waals surface area contributed by atoms with E-state index in [-0.39, 0.29) is 6.04 Å². The number of benzene rings is 1. The van der Waals surface area contributed by atoms with E-state index in [0.717, 1.165) is 12.1 Å². The Balaban J connectivity index is 2.25. The van der Waals surface area contributed by atoms with E-state index in [0.29, 0.717) is 10.6 Å². The van der Waals surface area contributed by atoms with Crippen molar-refractivity contribution in [2.24, 2.45) is 0 Å². The van der Waals surface area contributed by atoms with Crippen LogP contribution in [-0.4, -0.2) is 0 Å². The standard InChI is InChI=1S/C14H13ClN2S/c1-2-12(14-4-3-7-18-14)17-13-8-10(9-16)5-6-11(13)15/h3-8,12,17H,2H2,1H3. The molecule has 1 heterocycles. The van der Waals surface area contributed by atoms with E-state index < -0.39 is 0 Å². The van der Waals surface area contributed by atoms with Crippen LogP contribution in [0.5, 0.6) is 0 Å². The highest BCUT2D eigenvalue weighted by Crippen LogP contribution is 2.30. The van der Waals surface area contributed by atoms with Gasteiger partial charge in [0.1, 0.15) is 0 Å². The minimum atomic E-state index is 0.233. The van der Waals surface area contributed by atoms with Crippen molar-refractivity contribution in [3.8, 4) is 6.07 Å². The van der Waals surface area contributed by atoms with Gasteiger partial charge in [0.05, 0.1) is 28.4 Å². The van der Waals surface area contributed by atoms with E-state index in [4.69, 9.17) is 16.9 Å². The summed E-state index contributed by atoms with van der Waals surface area (Å²) in [5, 5.41) is 15.0. The molecule has 0 bridgehead atoms. The number of nitrogens with zero attached hydrogens (tertiary/aromatic N) is 1. The smallest absolute Gasteiger partial charge is 0.0992 e. The molecule has 2 aromatic rings. The van der Waals surface area contributed by atoms with Gasteiger partial charge in [-0.3, -0.25) is 0 Å². The van der Waals surface area contributed by atoms with E-state index in [1.807, 2.05) is 6.07 Å². The Morgan fingerprint density at radius 2 is 2.28 bits per heavy atom. The molecule has 0 spiro atoms. The molecule has 2 nitrogen and oxygen atoms in total. The number of halogens is 1. The topological polar surface area (TPSA) is 35.8 Å². The summed E-state index contributed by atoms with van der Waals surface area (Å²) in [7, 11) is 0. The lowest BCUT2D eigenvalue weighted by Gasteiger charge is -2.18. The van der Waals surface area contributed by atoms with Crippen molar-refractivity contribution in [3.05, 3.63) is 51.2 Å². The lowest BCUT2D eigenvalue weighted by atomic mass is 10.1. The number of thiophene rings is 1. The molecule has 1 aromatic carbocycles. The molecule has 0 saturated heterocycles. The van der Waals surface area contributed by atoms with Gasteiger partial charge in [0, 0.05) is 4.88 Å². The molecule has 0 fully saturated rings. The number of nitriles is 1. The molecule has 1 atom stereocenters. The van der Waals surface area contributed by atoms with Gasteiger partial charge in [0.15, 0.2) is 0 Å². The second kappa shape index (κ2) is 5.90. The summed E-state index contributed by atoms with van der Waals surface area (Å²) in [6, 6.07) is 11.8. The summed E-state index contributed by atoms with van der Waals surface area (Å²) in [4.78, 5) is 1.27. The van der Waals surface area contributed by atoms with Gasteiger partial charge in [-0.25, -0.2) is 0 Å². The van der Waals surface area contributed by atoms with Crippen molar-refractivity contribution in [2.45, 2.75) is 19.4 Å². The first-order chi connectivity index (χ1) is 8.74. The van der Waals surface area contributed by atoms with Crippen molar-refractivity contribution >= 4 is 28.6 Å². The SMILES string of the molecule is CCC(Nc1cc(C#N)ccc1Cl)c1cccs1. The third kappa shape index (κ3) is 2.84. The van der Waals surface area contributed by atoms with Crippen LogP contribution in [0.1, 0.15) is 29.8 Å². The maximum atomic E-state index is 8.91. The molecule has 92 valence electrons. The fourth-order valence-corrected chi connectivity index (χ4v) is 2.79. The predicted molar refractivity (Wildman–Crippen MR) is 77.1 cm³/mol. The first kappa shape index (κ1) is 12.9. The average Bonchev–Trinajstić information content (AvgIpc) is 2.91. The Hall–Kier alpha value is -1.50. The molecule has 0 aliphatic rings. The molecule has 1 unspecified atom stereocenters. The highest BCUT2D eigenvalue weighted by atomic mass is 35.5. The molecular formula is C14H13ClN2S. The van der Waals surface area contributed by atoms with Crippen LogP contribution < -0.4 is 5.32 Å². The van der Waals surface area contributed by atoms with Crippen LogP contribution in [0, 0.1) is 11.3 Å². The van der Waals surface area contributed by atoms with Gasteiger partial charge >= 0.3 is 0 Å². The van der Waals surface area contributed by atoms with Crippen molar-refractivity contribution < 1.29 is 0 Å². The molecule has 18 heavy (non-hydrogen) atoms. The zero-order valence-corrected chi connectivity index (χ0v) is 11.6. The molecule has 0 aliphatic heterocycles. The first-order valence-corrected chi connectivity index (χ1v) is 7.00. The summed E-state index contributed by atoms with van der Waals surface area (Å²) < 4.78 is 0. The zero-order chi connectivity index (χ0) is 13.0. The number of nitrogens with one attached hydrogen (secondary N) is 1. The summed E-state index contributed by atoms with van der Waals surface area (Å²) in [5.41, 5.74) is 1.43. The Morgan fingerprint density at radius 1 is 1.44 bits per heavy atom. The molecule has 0 amide bonds. The third-order valence-corrected chi connectivity index (χ3v) is 4.04. The second-order valence-electron chi connectivity index (χ2n) is 3.93. The first-order valence-electron chi connectivity index (χ1n) is 5.74. The minimum absolute atomic E-state index is 0.233. The largest absolute Gasteiger partial charge is 0.376 e. The van der Waals surface area contributed by atoms with Crippen LogP contribution >= 0.6 is 22.9 Å². The van der Waals surface area contributed by atoms with Gasteiger partial charge in [0.25, 0.3) is 0 Å². The van der Waals surface area contributed by atoms with E-state index >= 15 is 0 Å². The molecular weight excluding hydrogens is 264 g/mol. The fourth-order valence-electron chi connectivity index (χ4n) is 1.76. The van der Waals surface area contributed by atoms with Gasteiger partial charge < -0.3 is 5.32 Å². The fraction of sp³-hybridized carbons (Fsp3) is 0.214. The van der Waals surface area contributed by atoms with Crippen LogP contribution in [0.15, 0.2) is 35.7 Å². The maximum Gasteiger partial charge on any atom is 0.0992 e. The van der Waals surface area contributed by atoms with Crippen molar-refractivity contribution in [1.82, 2.24) is 0 Å². The van der Waals surface area contributed by atoms with E-state index in [9.17, 15) is 0 Å². The van der Waals surface area contributed by atoms with Gasteiger partial charge in [-0.1, -0.05) is 24.6 Å². The van der Waals surface area contributed by atoms with E-state index in [2.05, 4.69) is 29.8 Å². The highest BCUT2D eigenvalue weighted by Gasteiger charge is 2.12. The van der Waals surface area contributed by atoms with Crippen LogP contribution in [-0.2, 0) is 0 Å². The Bertz CT molecular complexity index is 558. The molecule has 2 rings (SSSR count). The number of hydrogen-bond acceptors (Lipinski definition) is 3. The highest BCUT2D eigenvalue weighted by molar-refractivity contribution is 7.10. The molecule has 0 radical (unpaired) electrons. The Morgan fingerprint density at radius 3 is 2.89 bits per heavy atom. The Labute approximate surface area is 116 Å². The van der Waals surface area contributed by atoms with Gasteiger partial charge in [-0.05, 0) is 36.1 Å². The molecule has 4 heteroatoms. The minimum Gasteiger partial charge on any atom is -0.376 e. The molecule has 1 aromatic heterocycles. The van der Waals surface area contributed by atoms with Crippen LogP contribution in [0.25, 0.3) is 0 Å². The molecule has 0 aliphatic carbocycles. The molecule has 0 saturated carbocycles. The third-order valence-electron chi connectivity index (χ3n) is 2.72. The van der Waals surface area contributed by atoms with E-state index in [1.54, 1.807) is 29.5 Å². The van der Waals surface area contributed by atoms with Crippen molar-refractivity contribution in [1.29, 1.82) is 5.26 Å². The number of rotatable bonds is 4. The van der Waals surface area contributed by atoms with Crippen LogP contribution in [0.2, 0.25) is 5.02 Å². The zero-order valence-electron chi connectivity index (χ0n) is 9.98. The van der Waals surface area contributed by atoms with E-state index in [1.165, 1.54) is 4.88 Å².